The maximum absolute atomic E-state index is 12.1. The van der Waals surface area contributed by atoms with Gasteiger partial charge in [0.1, 0.15) is 0 Å². The molecule has 3 fully saturated rings. The van der Waals surface area contributed by atoms with Crippen LogP contribution in [0.15, 0.2) is 24.5 Å². The molecule has 124 valence electrons. The third-order valence-electron chi connectivity index (χ3n) is 5.23. The lowest BCUT2D eigenvalue weighted by Crippen LogP contribution is -2.30. The predicted octanol–water partition coefficient (Wildman–Crippen LogP) is 1.59. The van der Waals surface area contributed by atoms with Crippen molar-refractivity contribution in [1.29, 1.82) is 0 Å². The molecule has 3 atom stereocenters. The van der Waals surface area contributed by atoms with Crippen LogP contribution in [0.3, 0.4) is 0 Å². The molecule has 1 saturated carbocycles. The van der Waals surface area contributed by atoms with Gasteiger partial charge in [-0.3, -0.25) is 9.78 Å². The smallest absolute Gasteiger partial charge is 0.222 e. The Balaban J connectivity index is 1.18. The van der Waals surface area contributed by atoms with Crippen LogP contribution >= 0.6 is 0 Å². The zero-order chi connectivity index (χ0) is 15.6. The van der Waals surface area contributed by atoms with Crippen LogP contribution in [0.1, 0.15) is 31.2 Å². The molecule has 0 spiro atoms. The lowest BCUT2D eigenvalue weighted by atomic mass is 10.0. The van der Waals surface area contributed by atoms with Crippen molar-refractivity contribution >= 4 is 5.91 Å². The summed E-state index contributed by atoms with van der Waals surface area (Å²) < 4.78 is 6.13. The summed E-state index contributed by atoms with van der Waals surface area (Å²) in [6, 6.07) is 3.86. The summed E-state index contributed by atoms with van der Waals surface area (Å²) in [6.45, 7) is 4.03. The van der Waals surface area contributed by atoms with Crippen LogP contribution in [-0.4, -0.2) is 47.6 Å². The first kappa shape index (κ1) is 15.1. The monoisotopic (exact) mass is 315 g/mol. The number of nitrogens with one attached hydrogen (secondary N) is 1. The highest BCUT2D eigenvalue weighted by Crippen LogP contribution is 2.37. The zero-order valence-corrected chi connectivity index (χ0v) is 13.5. The number of rotatable bonds is 6. The minimum atomic E-state index is 0.0775. The van der Waals surface area contributed by atoms with Crippen LogP contribution in [0.2, 0.25) is 0 Å². The Morgan fingerprint density at radius 3 is 3.04 bits per heavy atom. The van der Waals surface area contributed by atoms with E-state index < -0.39 is 0 Å². The Bertz CT molecular complexity index is 532. The molecule has 23 heavy (non-hydrogen) atoms. The lowest BCUT2D eigenvalue weighted by molar-refractivity contribution is -0.124. The Hall–Kier alpha value is -1.46. The van der Waals surface area contributed by atoms with Crippen LogP contribution in [0.5, 0.6) is 0 Å². The Kier molecular flexibility index (Phi) is 4.31. The number of ether oxygens (including phenoxy) is 1. The van der Waals surface area contributed by atoms with E-state index in [4.69, 9.17) is 4.74 Å². The molecule has 2 aliphatic heterocycles. The molecule has 1 aliphatic carbocycles. The first-order chi connectivity index (χ1) is 11.3. The van der Waals surface area contributed by atoms with Crippen LogP contribution in [0, 0.1) is 11.8 Å². The summed E-state index contributed by atoms with van der Waals surface area (Å²) in [4.78, 5) is 18.7. The van der Waals surface area contributed by atoms with Crippen molar-refractivity contribution < 1.29 is 9.53 Å². The van der Waals surface area contributed by atoms with Gasteiger partial charge in [-0.15, -0.1) is 0 Å². The number of nitrogens with zero attached hydrogens (tertiary/aromatic N) is 2. The van der Waals surface area contributed by atoms with E-state index in [2.05, 4.69) is 15.2 Å². The van der Waals surface area contributed by atoms with Crippen LogP contribution in [0.4, 0.5) is 0 Å². The van der Waals surface area contributed by atoms with Gasteiger partial charge in [-0.1, -0.05) is 6.07 Å². The molecule has 2 saturated heterocycles. The van der Waals surface area contributed by atoms with E-state index in [1.807, 2.05) is 12.1 Å². The number of likely N-dealkylation sites (tertiary alicyclic amines) is 1. The second kappa shape index (κ2) is 6.57. The second-order valence-electron chi connectivity index (χ2n) is 7.30. The highest BCUT2D eigenvalue weighted by atomic mass is 16.5. The van der Waals surface area contributed by atoms with Crippen molar-refractivity contribution in [2.45, 2.75) is 44.4 Å². The summed E-state index contributed by atoms with van der Waals surface area (Å²) >= 11 is 0. The standard InChI is InChI=1S/C18H25N3O2/c22-18(20-9-14-2-1-5-19-8-14)7-16-6-15-11-21(10-13-3-4-13)12-17(15)23-16/h1-2,5,8,13,15-17H,3-4,6-7,9-12H2,(H,20,22)/t15-,16+,17+/m1/s1. The van der Waals surface area contributed by atoms with E-state index in [0.29, 0.717) is 25.0 Å². The van der Waals surface area contributed by atoms with Gasteiger partial charge in [-0.25, -0.2) is 0 Å². The van der Waals surface area contributed by atoms with Crippen molar-refractivity contribution in [3.8, 4) is 0 Å². The summed E-state index contributed by atoms with van der Waals surface area (Å²) in [6.07, 6.45) is 8.31. The molecule has 3 heterocycles. The fourth-order valence-electron chi connectivity index (χ4n) is 3.88. The molecule has 0 bridgehead atoms. The number of amides is 1. The fourth-order valence-corrected chi connectivity index (χ4v) is 3.88. The average molecular weight is 315 g/mol. The Morgan fingerprint density at radius 2 is 2.30 bits per heavy atom. The van der Waals surface area contributed by atoms with Gasteiger partial charge < -0.3 is 15.0 Å². The third-order valence-corrected chi connectivity index (χ3v) is 5.23. The van der Waals surface area contributed by atoms with Crippen molar-refractivity contribution in [2.75, 3.05) is 19.6 Å². The normalized spacial score (nSPS) is 30.3. The zero-order valence-electron chi connectivity index (χ0n) is 13.5. The van der Waals surface area contributed by atoms with Gasteiger partial charge in [-0.05, 0) is 36.8 Å². The van der Waals surface area contributed by atoms with Crippen molar-refractivity contribution in [1.82, 2.24) is 15.2 Å². The molecule has 0 aromatic carbocycles. The SMILES string of the molecule is O=C(C[C@@H]1C[C@@H]2CN(CC3CC3)C[C@@H]2O1)NCc1cccnc1. The maximum atomic E-state index is 12.1. The predicted molar refractivity (Wildman–Crippen MR) is 86.6 cm³/mol. The van der Waals surface area contributed by atoms with E-state index in [1.165, 1.54) is 19.4 Å². The second-order valence-corrected chi connectivity index (χ2v) is 7.30. The third kappa shape index (κ3) is 3.90. The molecular formula is C18H25N3O2. The molecule has 3 aliphatic rings. The van der Waals surface area contributed by atoms with Gasteiger partial charge in [0.2, 0.25) is 5.91 Å². The lowest BCUT2D eigenvalue weighted by Gasteiger charge is -2.18. The molecule has 5 nitrogen and oxygen atoms in total. The summed E-state index contributed by atoms with van der Waals surface area (Å²) in [5.41, 5.74) is 1.03. The van der Waals surface area contributed by atoms with Gasteiger partial charge in [0.15, 0.2) is 0 Å². The molecule has 0 radical (unpaired) electrons. The van der Waals surface area contributed by atoms with Crippen LogP contribution < -0.4 is 5.32 Å². The number of hydrogen-bond donors (Lipinski definition) is 1. The van der Waals surface area contributed by atoms with Gasteiger partial charge >= 0.3 is 0 Å². The molecular weight excluding hydrogens is 290 g/mol. The van der Waals surface area contributed by atoms with Crippen molar-refractivity contribution in [3.05, 3.63) is 30.1 Å². The number of hydrogen-bond acceptors (Lipinski definition) is 4. The average Bonchev–Trinajstić information content (AvgIpc) is 3.17. The quantitative estimate of drug-likeness (QED) is 0.866. The maximum Gasteiger partial charge on any atom is 0.222 e. The van der Waals surface area contributed by atoms with Crippen molar-refractivity contribution in [2.24, 2.45) is 11.8 Å². The van der Waals surface area contributed by atoms with E-state index >= 15 is 0 Å². The minimum absolute atomic E-state index is 0.0775. The van der Waals surface area contributed by atoms with Crippen LogP contribution in [-0.2, 0) is 16.1 Å². The van der Waals surface area contributed by atoms with Gasteiger partial charge in [0, 0.05) is 44.5 Å². The van der Waals surface area contributed by atoms with Gasteiger partial charge in [-0.2, -0.15) is 0 Å². The Morgan fingerprint density at radius 1 is 1.39 bits per heavy atom. The largest absolute Gasteiger partial charge is 0.373 e. The van der Waals surface area contributed by atoms with Crippen molar-refractivity contribution in [3.63, 3.8) is 0 Å². The Labute approximate surface area is 137 Å². The molecule has 5 heteroatoms. The summed E-state index contributed by atoms with van der Waals surface area (Å²) in [7, 11) is 0. The van der Waals surface area contributed by atoms with Gasteiger partial charge in [0.05, 0.1) is 18.6 Å². The molecule has 1 amide bonds. The summed E-state index contributed by atoms with van der Waals surface area (Å²) in [5, 5.41) is 2.97. The molecule has 1 aromatic heterocycles. The number of carbonyl (C=O) groups is 1. The van der Waals surface area contributed by atoms with Gasteiger partial charge in [0.25, 0.3) is 0 Å². The fraction of sp³-hybridized carbons (Fsp3) is 0.667. The molecule has 1 aromatic rings. The van der Waals surface area contributed by atoms with E-state index in [9.17, 15) is 4.79 Å². The minimum Gasteiger partial charge on any atom is -0.373 e. The topological polar surface area (TPSA) is 54.5 Å². The molecule has 4 rings (SSSR count). The number of fused-ring (bicyclic) bond motifs is 1. The highest BCUT2D eigenvalue weighted by Gasteiger charge is 2.43. The molecule has 1 N–H and O–H groups in total. The number of aromatic nitrogens is 1. The van der Waals surface area contributed by atoms with E-state index in [0.717, 1.165) is 31.0 Å². The highest BCUT2D eigenvalue weighted by molar-refractivity contribution is 5.76. The van der Waals surface area contributed by atoms with E-state index in [1.54, 1.807) is 12.4 Å². The first-order valence-corrected chi connectivity index (χ1v) is 8.79. The summed E-state index contributed by atoms with van der Waals surface area (Å²) in [5.74, 6) is 1.65. The van der Waals surface area contributed by atoms with Crippen LogP contribution in [0.25, 0.3) is 0 Å². The molecule has 0 unspecified atom stereocenters. The number of carbonyl (C=O) groups excluding carboxylic acids is 1. The number of pyridine rings is 1. The van der Waals surface area contributed by atoms with E-state index in [-0.39, 0.29) is 12.0 Å². The first-order valence-electron chi connectivity index (χ1n) is 8.79.